The molecule has 26 heavy (non-hydrogen) atoms. The zero-order valence-corrected chi connectivity index (χ0v) is 15.3. The highest BCUT2D eigenvalue weighted by Crippen LogP contribution is 2.36. The van der Waals surface area contributed by atoms with E-state index in [1.807, 2.05) is 6.07 Å². The lowest BCUT2D eigenvalue weighted by Gasteiger charge is -2.33. The molecule has 2 aliphatic rings. The van der Waals surface area contributed by atoms with E-state index < -0.39 is 0 Å². The maximum Gasteiger partial charge on any atom is 0.161 e. The normalized spacial score (nSPS) is 22.3. The molecule has 0 spiro atoms. The Morgan fingerprint density at radius 1 is 1.08 bits per heavy atom. The molecule has 2 aliphatic heterocycles. The van der Waals surface area contributed by atoms with Crippen LogP contribution in [0.2, 0.25) is 0 Å². The van der Waals surface area contributed by atoms with Gasteiger partial charge in [0.25, 0.3) is 0 Å². The number of rotatable bonds is 5. The summed E-state index contributed by atoms with van der Waals surface area (Å²) in [7, 11) is 3.34. The lowest BCUT2D eigenvalue weighted by molar-refractivity contribution is 0.220. The molecule has 0 saturated carbocycles. The molecule has 1 fully saturated rings. The second kappa shape index (κ2) is 7.38. The predicted molar refractivity (Wildman–Crippen MR) is 103 cm³/mol. The minimum Gasteiger partial charge on any atom is -0.493 e. The van der Waals surface area contributed by atoms with Crippen LogP contribution in [-0.2, 0) is 6.54 Å². The third-order valence-electron chi connectivity index (χ3n) is 5.33. The molecule has 4 rings (SSSR count). The number of hydrogen-bond acceptors (Lipinski definition) is 5. The first-order valence-corrected chi connectivity index (χ1v) is 9.08. The van der Waals surface area contributed by atoms with Crippen LogP contribution in [-0.4, -0.2) is 37.9 Å². The molecule has 0 aliphatic carbocycles. The van der Waals surface area contributed by atoms with Crippen LogP contribution in [0.1, 0.15) is 23.6 Å². The Hall–Kier alpha value is -2.53. The summed E-state index contributed by atoms with van der Waals surface area (Å²) in [6.07, 6.45) is 1.02. The Bertz CT molecular complexity index is 791. The minimum atomic E-state index is 0.184. The predicted octanol–water partition coefficient (Wildman–Crippen LogP) is 3.23. The zero-order chi connectivity index (χ0) is 17.9. The second-order valence-corrected chi connectivity index (χ2v) is 6.90. The van der Waals surface area contributed by atoms with Gasteiger partial charge in [-0.25, -0.2) is 0 Å². The highest BCUT2D eigenvalue weighted by Gasteiger charge is 2.37. The number of benzene rings is 2. The molecule has 136 valence electrons. The largest absolute Gasteiger partial charge is 0.493 e. The van der Waals surface area contributed by atoms with Crippen LogP contribution in [0.25, 0.3) is 0 Å². The molecule has 2 unspecified atom stereocenters. The average Bonchev–Trinajstić information content (AvgIpc) is 3.11. The molecule has 2 aromatic rings. The summed E-state index contributed by atoms with van der Waals surface area (Å²) in [6, 6.07) is 17.0. The number of hydrogen-bond donors (Lipinski definition) is 1. The summed E-state index contributed by atoms with van der Waals surface area (Å²) in [4.78, 5) is 2.53. The first kappa shape index (κ1) is 16.9. The standard InChI is InChI=1S/C21H25N3O2/c1-25-19-9-8-16(12-20(19)26-2)21-17-14-24(11-10-18(17)22-23-21)13-15-6-4-3-5-7-15/h3-9,12,17,21,23H,10-11,13-14H2,1-2H3. The Balaban J connectivity index is 1.51. The van der Waals surface area contributed by atoms with E-state index in [0.29, 0.717) is 5.92 Å². The molecular weight excluding hydrogens is 326 g/mol. The molecule has 5 nitrogen and oxygen atoms in total. The van der Waals surface area contributed by atoms with Gasteiger partial charge in [-0.2, -0.15) is 5.10 Å². The van der Waals surface area contributed by atoms with Gasteiger partial charge in [-0.1, -0.05) is 36.4 Å². The summed E-state index contributed by atoms with van der Waals surface area (Å²) < 4.78 is 10.8. The zero-order valence-electron chi connectivity index (χ0n) is 15.3. The van der Waals surface area contributed by atoms with E-state index in [2.05, 4.69) is 57.9 Å². The Labute approximate surface area is 154 Å². The molecule has 0 bridgehead atoms. The third-order valence-corrected chi connectivity index (χ3v) is 5.33. The Morgan fingerprint density at radius 2 is 1.88 bits per heavy atom. The van der Waals surface area contributed by atoms with Crippen molar-refractivity contribution < 1.29 is 9.47 Å². The van der Waals surface area contributed by atoms with Gasteiger partial charge in [0.05, 0.1) is 20.3 Å². The summed E-state index contributed by atoms with van der Waals surface area (Å²) >= 11 is 0. The molecule has 0 radical (unpaired) electrons. The summed E-state index contributed by atoms with van der Waals surface area (Å²) in [5.41, 5.74) is 7.19. The fraction of sp³-hybridized carbons (Fsp3) is 0.381. The fourth-order valence-electron chi connectivity index (χ4n) is 3.95. The number of piperidine rings is 1. The summed E-state index contributed by atoms with van der Waals surface area (Å²) in [6.45, 7) is 3.06. The molecule has 5 heteroatoms. The van der Waals surface area contributed by atoms with E-state index in [1.54, 1.807) is 14.2 Å². The van der Waals surface area contributed by atoms with Crippen molar-refractivity contribution in [3.8, 4) is 11.5 Å². The van der Waals surface area contributed by atoms with Gasteiger partial charge in [-0.3, -0.25) is 4.90 Å². The topological polar surface area (TPSA) is 46.1 Å². The SMILES string of the molecule is COc1ccc(C2NN=C3CCN(Cc4ccccc4)CC32)cc1OC. The lowest BCUT2D eigenvalue weighted by atomic mass is 9.86. The molecule has 1 saturated heterocycles. The molecule has 1 N–H and O–H groups in total. The van der Waals surface area contributed by atoms with E-state index in [9.17, 15) is 0 Å². The van der Waals surface area contributed by atoms with Gasteiger partial charge in [0.1, 0.15) is 0 Å². The second-order valence-electron chi connectivity index (χ2n) is 6.90. The van der Waals surface area contributed by atoms with Crippen molar-refractivity contribution in [1.82, 2.24) is 10.3 Å². The van der Waals surface area contributed by atoms with Crippen LogP contribution in [0.5, 0.6) is 11.5 Å². The van der Waals surface area contributed by atoms with E-state index in [-0.39, 0.29) is 6.04 Å². The van der Waals surface area contributed by atoms with Crippen molar-refractivity contribution in [1.29, 1.82) is 0 Å². The lowest BCUT2D eigenvalue weighted by Crippen LogP contribution is -2.41. The van der Waals surface area contributed by atoms with Crippen LogP contribution in [0.3, 0.4) is 0 Å². The molecule has 2 atom stereocenters. The van der Waals surface area contributed by atoms with Gasteiger partial charge in [0.2, 0.25) is 0 Å². The Morgan fingerprint density at radius 3 is 2.65 bits per heavy atom. The van der Waals surface area contributed by atoms with Gasteiger partial charge < -0.3 is 14.9 Å². The van der Waals surface area contributed by atoms with Gasteiger partial charge in [0.15, 0.2) is 11.5 Å². The highest BCUT2D eigenvalue weighted by molar-refractivity contribution is 5.90. The van der Waals surface area contributed by atoms with Crippen LogP contribution in [0, 0.1) is 5.92 Å². The first-order chi connectivity index (χ1) is 12.8. The maximum absolute atomic E-state index is 5.47. The monoisotopic (exact) mass is 351 g/mol. The summed E-state index contributed by atoms with van der Waals surface area (Å²) in [5.74, 6) is 1.91. The number of nitrogens with one attached hydrogen (secondary N) is 1. The van der Waals surface area contributed by atoms with Crippen molar-refractivity contribution in [3.63, 3.8) is 0 Å². The van der Waals surface area contributed by atoms with Gasteiger partial charge in [-0.15, -0.1) is 0 Å². The number of fused-ring (bicyclic) bond motifs is 1. The van der Waals surface area contributed by atoms with E-state index >= 15 is 0 Å². The molecular formula is C21H25N3O2. The molecule has 2 aromatic carbocycles. The molecule has 2 heterocycles. The van der Waals surface area contributed by atoms with E-state index in [4.69, 9.17) is 9.47 Å². The van der Waals surface area contributed by atoms with Crippen LogP contribution in [0.15, 0.2) is 53.6 Å². The van der Waals surface area contributed by atoms with Crippen molar-refractivity contribution in [2.75, 3.05) is 27.3 Å². The van der Waals surface area contributed by atoms with Gasteiger partial charge in [0, 0.05) is 37.7 Å². The van der Waals surface area contributed by atoms with Crippen molar-refractivity contribution in [2.24, 2.45) is 11.0 Å². The maximum atomic E-state index is 5.47. The third kappa shape index (κ3) is 3.27. The van der Waals surface area contributed by atoms with Gasteiger partial charge in [-0.05, 0) is 23.3 Å². The van der Waals surface area contributed by atoms with E-state index in [0.717, 1.165) is 37.6 Å². The summed E-state index contributed by atoms with van der Waals surface area (Å²) in [5, 5.41) is 4.62. The molecule has 0 amide bonds. The average molecular weight is 351 g/mol. The van der Waals surface area contributed by atoms with Crippen LogP contribution >= 0.6 is 0 Å². The van der Waals surface area contributed by atoms with Crippen LogP contribution in [0.4, 0.5) is 0 Å². The highest BCUT2D eigenvalue weighted by atomic mass is 16.5. The first-order valence-electron chi connectivity index (χ1n) is 9.08. The molecule has 0 aromatic heterocycles. The van der Waals surface area contributed by atoms with Crippen molar-refractivity contribution >= 4 is 5.71 Å². The minimum absolute atomic E-state index is 0.184. The van der Waals surface area contributed by atoms with Crippen molar-refractivity contribution in [3.05, 3.63) is 59.7 Å². The number of nitrogens with zero attached hydrogens (tertiary/aromatic N) is 2. The fourth-order valence-corrected chi connectivity index (χ4v) is 3.95. The number of hydrazone groups is 1. The van der Waals surface area contributed by atoms with E-state index in [1.165, 1.54) is 16.8 Å². The van der Waals surface area contributed by atoms with Gasteiger partial charge >= 0.3 is 0 Å². The quantitative estimate of drug-likeness (QED) is 0.898. The number of likely N-dealkylation sites (tertiary alicyclic amines) is 1. The smallest absolute Gasteiger partial charge is 0.161 e. The van der Waals surface area contributed by atoms with Crippen LogP contribution < -0.4 is 14.9 Å². The number of ether oxygens (including phenoxy) is 2. The van der Waals surface area contributed by atoms with Crippen molar-refractivity contribution in [2.45, 2.75) is 19.0 Å². The number of methoxy groups -OCH3 is 2. The Kier molecular flexibility index (Phi) is 4.80.